The zero-order valence-corrected chi connectivity index (χ0v) is 39.7. The molecule has 2 amide bonds. The van der Waals surface area contributed by atoms with Crippen LogP contribution in [0.1, 0.15) is 97.4 Å². The predicted molar refractivity (Wildman–Crippen MR) is 255 cm³/mol. The lowest BCUT2D eigenvalue weighted by Crippen LogP contribution is -2.33. The van der Waals surface area contributed by atoms with Gasteiger partial charge in [0.05, 0.1) is 34.3 Å². The van der Waals surface area contributed by atoms with Crippen LogP contribution in [0.5, 0.6) is 0 Å². The van der Waals surface area contributed by atoms with Crippen molar-refractivity contribution in [2.45, 2.75) is 77.2 Å². The minimum Gasteiger partial charge on any atom is -0.507 e. The SMILES string of the molecule is CC(C)C[C@H](CC(=O)CNC(=O)c1cc(Cl)ccc1Cl)B(O)O.CC(C)C[C@H](CC(=O)CNC(=O)c1cc(Cl)ccc1Cl)B1OC(=O)[C@@H](c2ccccc2)O1.O=C(O)[C@H](O)c1ccccc1. The molecule has 1 saturated heterocycles. The third-order valence-electron chi connectivity index (χ3n) is 9.74. The Labute approximate surface area is 404 Å². The van der Waals surface area contributed by atoms with Gasteiger partial charge in [-0.05, 0) is 72.2 Å². The Morgan fingerprint density at radius 1 is 0.697 bits per heavy atom. The summed E-state index contributed by atoms with van der Waals surface area (Å²) in [6.45, 7) is 7.52. The van der Waals surface area contributed by atoms with Crippen LogP contribution in [0.4, 0.5) is 0 Å². The van der Waals surface area contributed by atoms with Crippen LogP contribution in [-0.2, 0) is 28.5 Å². The number of carbonyl (C=O) groups is 6. The second-order valence-electron chi connectivity index (χ2n) is 16.2. The molecule has 0 spiro atoms. The van der Waals surface area contributed by atoms with E-state index in [1.54, 1.807) is 54.6 Å². The van der Waals surface area contributed by atoms with Gasteiger partial charge in [-0.1, -0.05) is 135 Å². The molecule has 0 unspecified atom stereocenters. The van der Waals surface area contributed by atoms with Crippen molar-refractivity contribution in [3.63, 3.8) is 0 Å². The average molecular weight is 988 g/mol. The lowest BCUT2D eigenvalue weighted by molar-refractivity contribution is -0.147. The summed E-state index contributed by atoms with van der Waals surface area (Å²) in [5, 5.41) is 42.3. The number of benzene rings is 4. The molecule has 5 rings (SSSR count). The highest BCUT2D eigenvalue weighted by Crippen LogP contribution is 2.36. The second-order valence-corrected chi connectivity index (χ2v) is 17.9. The summed E-state index contributed by atoms with van der Waals surface area (Å²) < 4.78 is 11.4. The number of rotatable bonds is 19. The maximum atomic E-state index is 12.6. The van der Waals surface area contributed by atoms with Gasteiger partial charge in [0, 0.05) is 34.5 Å². The molecule has 0 aromatic heterocycles. The van der Waals surface area contributed by atoms with Crippen molar-refractivity contribution < 1.29 is 58.3 Å². The van der Waals surface area contributed by atoms with E-state index in [2.05, 4.69) is 10.6 Å². The van der Waals surface area contributed by atoms with Crippen LogP contribution in [0.15, 0.2) is 97.1 Å². The Morgan fingerprint density at radius 3 is 1.62 bits per heavy atom. The van der Waals surface area contributed by atoms with Gasteiger partial charge >= 0.3 is 26.2 Å². The number of halogens is 4. The smallest absolute Gasteiger partial charge is 0.507 e. The fourth-order valence-corrected chi connectivity index (χ4v) is 7.40. The zero-order chi connectivity index (χ0) is 49.1. The molecule has 0 aliphatic carbocycles. The molecule has 1 aliphatic rings. The van der Waals surface area contributed by atoms with Crippen molar-refractivity contribution in [1.82, 2.24) is 10.6 Å². The molecule has 0 bridgehead atoms. The standard InChI is InChI=1S/C23H24BCl2NO5.C15H20BCl2NO4.C8H8O3/c1-14(2)10-16(24-31-21(23(30)32-24)15-6-4-3-5-7-15)11-18(28)13-27-22(29)19-12-17(25)8-9-20(19)26;1-9(2)5-10(16(22)23)6-12(20)8-19-15(21)13-7-11(17)3-4-14(13)18;9-7(8(10)11)6-4-2-1-3-5-6/h3-9,12,14,16,21H,10-11,13H2,1-2H3,(H,27,29);3-4,7,9-10,22-23H,5-6,8H2,1-2H3,(H,19,21);1-5,7,9H,(H,10,11)/t16-,21-;10-;7-/m111/s1. The van der Waals surface area contributed by atoms with Gasteiger partial charge in [-0.15, -0.1) is 0 Å². The van der Waals surface area contributed by atoms with Crippen LogP contribution < -0.4 is 10.6 Å². The molecule has 6 N–H and O–H groups in total. The normalized spacial score (nSPS) is 14.4. The molecular weight excluding hydrogens is 936 g/mol. The van der Waals surface area contributed by atoms with Gasteiger partial charge in [0.25, 0.3) is 11.8 Å². The van der Waals surface area contributed by atoms with E-state index >= 15 is 0 Å². The lowest BCUT2D eigenvalue weighted by atomic mass is 9.65. The van der Waals surface area contributed by atoms with E-state index in [1.165, 1.54) is 24.3 Å². The van der Waals surface area contributed by atoms with Crippen LogP contribution in [-0.4, -0.2) is 82.9 Å². The van der Waals surface area contributed by atoms with Crippen molar-refractivity contribution in [2.75, 3.05) is 13.1 Å². The maximum absolute atomic E-state index is 12.6. The Morgan fingerprint density at radius 2 is 1.17 bits per heavy atom. The first-order valence-corrected chi connectivity index (χ1v) is 22.4. The first kappa shape index (κ1) is 55.6. The van der Waals surface area contributed by atoms with E-state index in [0.29, 0.717) is 34.0 Å². The van der Waals surface area contributed by atoms with Crippen molar-refractivity contribution in [3.8, 4) is 0 Å². The van der Waals surface area contributed by atoms with Crippen molar-refractivity contribution >= 4 is 96.0 Å². The topological polar surface area (TPSA) is 226 Å². The number of hydrogen-bond donors (Lipinski definition) is 6. The van der Waals surface area contributed by atoms with Crippen LogP contribution in [0.2, 0.25) is 31.7 Å². The molecule has 1 aliphatic heterocycles. The fourth-order valence-electron chi connectivity index (χ4n) is 6.65. The van der Waals surface area contributed by atoms with Crippen LogP contribution in [0.3, 0.4) is 0 Å². The number of Topliss-reactive ketones (excluding diaryl/α,β-unsaturated/α-hetero) is 2. The number of carboxylic acids is 1. The minimum absolute atomic E-state index is 0.0145. The van der Waals surface area contributed by atoms with E-state index in [9.17, 15) is 38.8 Å². The van der Waals surface area contributed by atoms with E-state index in [4.69, 9.17) is 65.9 Å². The average Bonchev–Trinajstić information content (AvgIpc) is 3.67. The number of carboxylic acid groups (broad SMARTS) is 1. The summed E-state index contributed by atoms with van der Waals surface area (Å²) in [5.41, 5.74) is 1.50. The van der Waals surface area contributed by atoms with Gasteiger partial charge in [0.15, 0.2) is 23.8 Å². The number of carbonyl (C=O) groups excluding carboxylic acids is 5. The predicted octanol–water partition coefficient (Wildman–Crippen LogP) is 8.28. The molecule has 14 nitrogen and oxygen atoms in total. The summed E-state index contributed by atoms with van der Waals surface area (Å²) in [7, 11) is -2.38. The van der Waals surface area contributed by atoms with Crippen LogP contribution >= 0.6 is 46.4 Å². The summed E-state index contributed by atoms with van der Waals surface area (Å²) >= 11 is 23.7. The Bertz CT molecular complexity index is 2260. The summed E-state index contributed by atoms with van der Waals surface area (Å²) in [5.74, 6) is -3.56. The Balaban J connectivity index is 0.000000295. The highest BCUT2D eigenvalue weighted by Gasteiger charge is 2.46. The van der Waals surface area contributed by atoms with Crippen LogP contribution in [0, 0.1) is 11.8 Å². The summed E-state index contributed by atoms with van der Waals surface area (Å²) in [6.07, 6.45) is -0.996. The van der Waals surface area contributed by atoms with Gasteiger partial charge in [-0.2, -0.15) is 0 Å². The first-order chi connectivity index (χ1) is 31.2. The highest BCUT2D eigenvalue weighted by atomic mass is 35.5. The van der Waals surface area contributed by atoms with Crippen LogP contribution in [0.25, 0.3) is 0 Å². The molecule has 0 saturated carbocycles. The van der Waals surface area contributed by atoms with E-state index in [-0.39, 0.29) is 76.3 Å². The second kappa shape index (κ2) is 27.8. The number of amides is 2. The van der Waals surface area contributed by atoms with Gasteiger partial charge in [-0.25, -0.2) is 4.79 Å². The van der Waals surface area contributed by atoms with E-state index < -0.39 is 56.0 Å². The Hall–Kier alpha value is -4.77. The molecular formula is C46H52B2Cl4N2O12. The van der Waals surface area contributed by atoms with Crippen molar-refractivity contribution in [3.05, 3.63) is 139 Å². The van der Waals surface area contributed by atoms with E-state index in [1.807, 2.05) is 45.9 Å². The molecule has 20 heteroatoms. The highest BCUT2D eigenvalue weighted by molar-refractivity contribution is 6.51. The Kier molecular flexibility index (Phi) is 23.4. The molecule has 66 heavy (non-hydrogen) atoms. The number of aliphatic carboxylic acids is 1. The molecule has 0 radical (unpaired) electrons. The molecule has 352 valence electrons. The van der Waals surface area contributed by atoms with Gasteiger partial charge in [0.1, 0.15) is 0 Å². The quantitative estimate of drug-likeness (QED) is 0.0488. The molecule has 4 atom stereocenters. The number of hydrogen-bond acceptors (Lipinski definition) is 11. The number of ketones is 2. The molecule has 1 fully saturated rings. The van der Waals surface area contributed by atoms with Crippen molar-refractivity contribution in [1.29, 1.82) is 0 Å². The molecule has 1 heterocycles. The molecule has 4 aromatic rings. The third kappa shape index (κ3) is 18.8. The van der Waals surface area contributed by atoms with Gasteiger partial charge in [0.2, 0.25) is 0 Å². The number of aliphatic hydroxyl groups is 1. The lowest BCUT2D eigenvalue weighted by Gasteiger charge is -2.19. The monoisotopic (exact) mass is 986 g/mol. The summed E-state index contributed by atoms with van der Waals surface area (Å²) in [6, 6.07) is 26.4. The largest absolute Gasteiger partial charge is 0.531 e. The fraction of sp³-hybridized carbons (Fsp3) is 0.348. The maximum Gasteiger partial charge on any atom is 0.531 e. The van der Waals surface area contributed by atoms with E-state index in [0.717, 1.165) is 0 Å². The van der Waals surface area contributed by atoms with Gasteiger partial charge in [-0.3, -0.25) is 24.0 Å². The first-order valence-electron chi connectivity index (χ1n) is 20.9. The van der Waals surface area contributed by atoms with Gasteiger partial charge < -0.3 is 40.2 Å². The van der Waals surface area contributed by atoms with Crippen molar-refractivity contribution in [2.24, 2.45) is 11.8 Å². The number of nitrogens with one attached hydrogen (secondary N) is 2. The minimum atomic E-state index is -1.56. The zero-order valence-electron chi connectivity index (χ0n) is 36.7. The molecule has 4 aromatic carbocycles. The third-order valence-corrected chi connectivity index (χ3v) is 10.9. The summed E-state index contributed by atoms with van der Waals surface area (Å²) in [4.78, 5) is 71.6. The number of aliphatic hydroxyl groups excluding tert-OH is 1.